The van der Waals surface area contributed by atoms with Crippen molar-refractivity contribution in [3.05, 3.63) is 48.2 Å². The maximum atomic E-state index is 11.9. The minimum atomic E-state index is -0.313. The molecule has 2 aromatic rings. The summed E-state index contributed by atoms with van der Waals surface area (Å²) in [4.78, 5) is 15.9. The zero-order valence-corrected chi connectivity index (χ0v) is 9.75. The van der Waals surface area contributed by atoms with Crippen molar-refractivity contribution in [3.8, 4) is 11.5 Å². The third kappa shape index (κ3) is 2.57. The molecule has 0 aliphatic rings. The van der Waals surface area contributed by atoms with Gasteiger partial charge in [-0.15, -0.1) is 0 Å². The maximum Gasteiger partial charge on any atom is 0.256 e. The Hall–Kier alpha value is -2.56. The molecule has 0 unspecified atom stereocenters. The summed E-state index contributed by atoms with van der Waals surface area (Å²) in [6.45, 7) is 0. The molecule has 0 atom stereocenters. The first kappa shape index (κ1) is 11.9. The highest BCUT2D eigenvalue weighted by Crippen LogP contribution is 2.26. The number of benzene rings is 1. The summed E-state index contributed by atoms with van der Waals surface area (Å²) >= 11 is 0. The Morgan fingerprint density at radius 2 is 2.17 bits per heavy atom. The van der Waals surface area contributed by atoms with E-state index in [1.807, 2.05) is 0 Å². The van der Waals surface area contributed by atoms with Crippen LogP contribution in [0.4, 0.5) is 5.82 Å². The SMILES string of the molecule is COc1cc(C(=O)Nc2ccccn2)ccc1O. The first-order valence-electron chi connectivity index (χ1n) is 5.30. The molecule has 0 radical (unpaired) electrons. The number of hydrogen-bond acceptors (Lipinski definition) is 4. The molecule has 1 amide bonds. The number of carbonyl (C=O) groups excluding carboxylic acids is 1. The first-order valence-corrected chi connectivity index (χ1v) is 5.30. The van der Waals surface area contributed by atoms with Crippen molar-refractivity contribution < 1.29 is 14.6 Å². The Morgan fingerprint density at radius 1 is 1.33 bits per heavy atom. The summed E-state index contributed by atoms with van der Waals surface area (Å²) in [5.41, 5.74) is 0.385. The van der Waals surface area contributed by atoms with E-state index < -0.39 is 0 Å². The van der Waals surface area contributed by atoms with Gasteiger partial charge in [0.05, 0.1) is 7.11 Å². The van der Waals surface area contributed by atoms with Crippen LogP contribution in [0.1, 0.15) is 10.4 Å². The van der Waals surface area contributed by atoms with Crippen LogP contribution in [0, 0.1) is 0 Å². The highest BCUT2D eigenvalue weighted by Gasteiger charge is 2.10. The monoisotopic (exact) mass is 244 g/mol. The summed E-state index contributed by atoms with van der Waals surface area (Å²) in [6, 6.07) is 9.62. The molecular weight excluding hydrogens is 232 g/mol. The van der Waals surface area contributed by atoms with E-state index in [2.05, 4.69) is 10.3 Å². The van der Waals surface area contributed by atoms with E-state index in [0.717, 1.165) is 0 Å². The van der Waals surface area contributed by atoms with Crippen molar-refractivity contribution in [2.24, 2.45) is 0 Å². The average Bonchev–Trinajstić information content (AvgIpc) is 2.40. The highest BCUT2D eigenvalue weighted by molar-refractivity contribution is 6.04. The second kappa shape index (κ2) is 5.18. The lowest BCUT2D eigenvalue weighted by atomic mass is 10.2. The molecule has 5 nitrogen and oxygen atoms in total. The summed E-state index contributed by atoms with van der Waals surface area (Å²) in [7, 11) is 1.43. The number of methoxy groups -OCH3 is 1. The fourth-order valence-corrected chi connectivity index (χ4v) is 1.44. The zero-order valence-electron chi connectivity index (χ0n) is 9.75. The lowest BCUT2D eigenvalue weighted by Crippen LogP contribution is -2.12. The normalized spacial score (nSPS) is 9.83. The van der Waals surface area contributed by atoms with E-state index in [1.165, 1.54) is 25.3 Å². The second-order valence-electron chi connectivity index (χ2n) is 3.56. The van der Waals surface area contributed by atoms with E-state index in [9.17, 15) is 9.90 Å². The van der Waals surface area contributed by atoms with E-state index in [4.69, 9.17) is 4.74 Å². The van der Waals surface area contributed by atoms with E-state index in [-0.39, 0.29) is 17.4 Å². The smallest absolute Gasteiger partial charge is 0.256 e. The van der Waals surface area contributed by atoms with Gasteiger partial charge >= 0.3 is 0 Å². The molecule has 0 saturated carbocycles. The summed E-state index contributed by atoms with van der Waals surface area (Å²) in [5, 5.41) is 12.1. The molecule has 5 heteroatoms. The molecule has 2 N–H and O–H groups in total. The number of rotatable bonds is 3. The van der Waals surface area contributed by atoms with Crippen molar-refractivity contribution in [2.75, 3.05) is 12.4 Å². The van der Waals surface area contributed by atoms with Crippen molar-refractivity contribution in [1.82, 2.24) is 4.98 Å². The number of aromatic nitrogens is 1. The van der Waals surface area contributed by atoms with Gasteiger partial charge in [0.2, 0.25) is 0 Å². The quantitative estimate of drug-likeness (QED) is 0.866. The highest BCUT2D eigenvalue weighted by atomic mass is 16.5. The van der Waals surface area contributed by atoms with Crippen LogP contribution in [0.15, 0.2) is 42.6 Å². The van der Waals surface area contributed by atoms with Crippen LogP contribution in [-0.4, -0.2) is 23.1 Å². The molecule has 2 rings (SSSR count). The Kier molecular flexibility index (Phi) is 3.43. The molecule has 0 fully saturated rings. The Bertz CT molecular complexity index is 555. The van der Waals surface area contributed by atoms with Crippen LogP contribution < -0.4 is 10.1 Å². The number of phenols is 1. The van der Waals surface area contributed by atoms with Gasteiger partial charge in [0.1, 0.15) is 5.82 Å². The Balaban J connectivity index is 2.19. The molecule has 18 heavy (non-hydrogen) atoms. The van der Waals surface area contributed by atoms with Crippen LogP contribution in [0.25, 0.3) is 0 Å². The number of amides is 1. The minimum absolute atomic E-state index is 0.00751. The second-order valence-corrected chi connectivity index (χ2v) is 3.56. The van der Waals surface area contributed by atoms with Crippen molar-refractivity contribution >= 4 is 11.7 Å². The van der Waals surface area contributed by atoms with Gasteiger partial charge < -0.3 is 15.2 Å². The van der Waals surface area contributed by atoms with Gasteiger partial charge in [-0.2, -0.15) is 0 Å². The van der Waals surface area contributed by atoms with Crippen molar-refractivity contribution in [3.63, 3.8) is 0 Å². The van der Waals surface area contributed by atoms with Crippen LogP contribution in [0.5, 0.6) is 11.5 Å². The van der Waals surface area contributed by atoms with Gasteiger partial charge in [0.25, 0.3) is 5.91 Å². The van der Waals surface area contributed by atoms with E-state index >= 15 is 0 Å². The van der Waals surface area contributed by atoms with Crippen molar-refractivity contribution in [1.29, 1.82) is 0 Å². The van der Waals surface area contributed by atoms with Gasteiger partial charge in [0.15, 0.2) is 11.5 Å². The number of nitrogens with zero attached hydrogens (tertiary/aromatic N) is 1. The topological polar surface area (TPSA) is 71.5 Å². The molecule has 0 bridgehead atoms. The van der Waals surface area contributed by atoms with Crippen LogP contribution in [0.2, 0.25) is 0 Å². The summed E-state index contributed by atoms with van der Waals surface area (Å²) in [6.07, 6.45) is 1.59. The van der Waals surface area contributed by atoms with Crippen LogP contribution >= 0.6 is 0 Å². The van der Waals surface area contributed by atoms with Gasteiger partial charge in [0, 0.05) is 11.8 Å². The third-order valence-corrected chi connectivity index (χ3v) is 2.35. The number of carbonyl (C=O) groups is 1. The van der Waals surface area contributed by atoms with E-state index in [1.54, 1.807) is 24.4 Å². The van der Waals surface area contributed by atoms with Gasteiger partial charge in [-0.3, -0.25) is 4.79 Å². The zero-order chi connectivity index (χ0) is 13.0. The lowest BCUT2D eigenvalue weighted by Gasteiger charge is -2.07. The minimum Gasteiger partial charge on any atom is -0.504 e. The Morgan fingerprint density at radius 3 is 2.83 bits per heavy atom. The predicted octanol–water partition coefficient (Wildman–Crippen LogP) is 2.05. The van der Waals surface area contributed by atoms with Gasteiger partial charge in [-0.25, -0.2) is 4.98 Å². The largest absolute Gasteiger partial charge is 0.504 e. The number of phenolic OH excluding ortho intramolecular Hbond substituents is 1. The number of nitrogens with one attached hydrogen (secondary N) is 1. The molecule has 0 spiro atoms. The molecule has 92 valence electrons. The fraction of sp³-hybridized carbons (Fsp3) is 0.0769. The predicted molar refractivity (Wildman–Crippen MR) is 66.8 cm³/mol. The number of hydrogen-bond donors (Lipinski definition) is 2. The average molecular weight is 244 g/mol. The van der Waals surface area contributed by atoms with E-state index in [0.29, 0.717) is 11.4 Å². The molecule has 1 aromatic carbocycles. The van der Waals surface area contributed by atoms with Crippen LogP contribution in [0.3, 0.4) is 0 Å². The third-order valence-electron chi connectivity index (χ3n) is 2.35. The maximum absolute atomic E-state index is 11.9. The fourth-order valence-electron chi connectivity index (χ4n) is 1.44. The molecule has 1 heterocycles. The van der Waals surface area contributed by atoms with Crippen molar-refractivity contribution in [2.45, 2.75) is 0 Å². The number of pyridine rings is 1. The molecule has 0 aliphatic heterocycles. The summed E-state index contributed by atoms with van der Waals surface area (Å²) < 4.78 is 4.94. The molecular formula is C13H12N2O3. The lowest BCUT2D eigenvalue weighted by molar-refractivity contribution is 0.102. The molecule has 1 aromatic heterocycles. The standard InChI is InChI=1S/C13H12N2O3/c1-18-11-8-9(5-6-10(11)16)13(17)15-12-4-2-3-7-14-12/h2-8,16H,1H3,(H,14,15,17). The van der Waals surface area contributed by atoms with Gasteiger partial charge in [-0.05, 0) is 30.3 Å². The Labute approximate surface area is 104 Å². The van der Waals surface area contributed by atoms with Gasteiger partial charge in [-0.1, -0.05) is 6.07 Å². The molecule has 0 aliphatic carbocycles. The number of anilines is 1. The van der Waals surface area contributed by atoms with Crippen LogP contribution in [-0.2, 0) is 0 Å². The molecule has 0 saturated heterocycles. The first-order chi connectivity index (χ1) is 8.70. The number of aromatic hydroxyl groups is 1. The summed E-state index contributed by atoms with van der Waals surface area (Å²) in [5.74, 6) is 0.400. The number of ether oxygens (including phenoxy) is 1.